The second-order valence-corrected chi connectivity index (χ2v) is 7.61. The van der Waals surface area contributed by atoms with Crippen LogP contribution >= 0.6 is 0 Å². The lowest BCUT2D eigenvalue weighted by molar-refractivity contribution is -0.119. The van der Waals surface area contributed by atoms with Gasteiger partial charge >= 0.3 is 0 Å². The lowest BCUT2D eigenvalue weighted by Gasteiger charge is -2.23. The third-order valence-corrected chi connectivity index (χ3v) is 4.88. The van der Waals surface area contributed by atoms with E-state index in [0.29, 0.717) is 18.3 Å². The van der Waals surface area contributed by atoms with E-state index in [1.54, 1.807) is 0 Å². The van der Waals surface area contributed by atoms with E-state index >= 15 is 0 Å². The van der Waals surface area contributed by atoms with E-state index in [9.17, 15) is 4.79 Å². The van der Waals surface area contributed by atoms with Crippen molar-refractivity contribution < 1.29 is 4.79 Å². The first kappa shape index (κ1) is 19.7. The lowest BCUT2D eigenvalue weighted by Crippen LogP contribution is -2.29. The molecular formula is C22H27N5O. The summed E-state index contributed by atoms with van der Waals surface area (Å²) in [5.74, 6) is 0.482. The summed E-state index contributed by atoms with van der Waals surface area (Å²) in [5, 5.41) is 14.6. The van der Waals surface area contributed by atoms with Gasteiger partial charge in [-0.25, -0.2) is 4.68 Å². The van der Waals surface area contributed by atoms with Gasteiger partial charge in [-0.3, -0.25) is 4.79 Å². The number of amides is 1. The molecule has 1 aromatic heterocycles. The van der Waals surface area contributed by atoms with Crippen LogP contribution in [0.5, 0.6) is 0 Å². The fourth-order valence-corrected chi connectivity index (χ4v) is 3.36. The number of anilines is 1. The third kappa shape index (κ3) is 4.44. The standard InChI is InChI=1S/C22H27N5O/c1-15(2)18-11-8-12-19(16(3)4)21(18)24-22(28)20(27-14-23-25-26-27)13-17-9-6-5-7-10-17/h5-12,14-16,20H,13H2,1-4H3,(H,24,28)/t20-/m1/s1. The molecule has 0 saturated carbocycles. The SMILES string of the molecule is CC(C)c1cccc(C(C)C)c1NC(=O)[C@@H](Cc1ccccc1)n1cnnn1. The summed E-state index contributed by atoms with van der Waals surface area (Å²) < 4.78 is 1.52. The minimum atomic E-state index is -0.530. The van der Waals surface area contributed by atoms with Crippen molar-refractivity contribution in [2.75, 3.05) is 5.32 Å². The molecule has 1 N–H and O–H groups in total. The monoisotopic (exact) mass is 377 g/mol. The van der Waals surface area contributed by atoms with Crippen LogP contribution in [0.1, 0.15) is 62.3 Å². The highest BCUT2D eigenvalue weighted by atomic mass is 16.2. The minimum absolute atomic E-state index is 0.119. The van der Waals surface area contributed by atoms with Crippen molar-refractivity contribution in [3.05, 3.63) is 71.5 Å². The van der Waals surface area contributed by atoms with Crippen molar-refractivity contribution in [2.24, 2.45) is 0 Å². The van der Waals surface area contributed by atoms with Gasteiger partial charge in [0, 0.05) is 12.1 Å². The number of para-hydroxylation sites is 1. The van der Waals surface area contributed by atoms with Crippen LogP contribution in [0.2, 0.25) is 0 Å². The largest absolute Gasteiger partial charge is 0.324 e. The van der Waals surface area contributed by atoms with Gasteiger partial charge in [-0.2, -0.15) is 0 Å². The molecule has 0 aliphatic carbocycles. The van der Waals surface area contributed by atoms with E-state index < -0.39 is 6.04 Å². The number of nitrogens with one attached hydrogen (secondary N) is 1. The number of hydrogen-bond acceptors (Lipinski definition) is 4. The molecule has 0 fully saturated rings. The van der Waals surface area contributed by atoms with E-state index in [-0.39, 0.29) is 5.91 Å². The Balaban J connectivity index is 1.95. The van der Waals surface area contributed by atoms with Gasteiger partial charge in [0.15, 0.2) is 0 Å². The second kappa shape index (κ2) is 8.78. The number of benzene rings is 2. The maximum atomic E-state index is 13.3. The topological polar surface area (TPSA) is 72.7 Å². The summed E-state index contributed by atoms with van der Waals surface area (Å²) in [4.78, 5) is 13.3. The minimum Gasteiger partial charge on any atom is -0.324 e. The van der Waals surface area contributed by atoms with Crippen LogP contribution in [-0.4, -0.2) is 26.1 Å². The number of rotatable bonds is 7. The van der Waals surface area contributed by atoms with Crippen LogP contribution in [0.4, 0.5) is 5.69 Å². The van der Waals surface area contributed by atoms with Gasteiger partial charge < -0.3 is 5.32 Å². The zero-order valence-electron chi connectivity index (χ0n) is 16.8. The lowest BCUT2D eigenvalue weighted by atomic mass is 9.92. The molecule has 146 valence electrons. The molecule has 3 rings (SSSR count). The summed E-state index contributed by atoms with van der Waals surface area (Å²) in [6, 6.07) is 15.6. The van der Waals surface area contributed by atoms with Crippen LogP contribution in [0.25, 0.3) is 0 Å². The van der Waals surface area contributed by atoms with Gasteiger partial charge in [-0.15, -0.1) is 5.10 Å². The van der Waals surface area contributed by atoms with Crippen molar-refractivity contribution in [3.63, 3.8) is 0 Å². The van der Waals surface area contributed by atoms with Gasteiger partial charge in [0.25, 0.3) is 0 Å². The molecule has 0 saturated heterocycles. The molecule has 2 aromatic carbocycles. The number of tetrazole rings is 1. The Kier molecular flexibility index (Phi) is 6.19. The van der Waals surface area contributed by atoms with Gasteiger partial charge in [0.1, 0.15) is 12.4 Å². The molecule has 0 radical (unpaired) electrons. The number of nitrogens with zero attached hydrogens (tertiary/aromatic N) is 4. The van der Waals surface area contributed by atoms with E-state index in [1.165, 1.54) is 11.0 Å². The second-order valence-electron chi connectivity index (χ2n) is 7.61. The van der Waals surface area contributed by atoms with Crippen LogP contribution in [0.3, 0.4) is 0 Å². The molecule has 6 heteroatoms. The van der Waals surface area contributed by atoms with Gasteiger partial charge in [-0.1, -0.05) is 76.2 Å². The Labute approximate surface area is 166 Å². The van der Waals surface area contributed by atoms with E-state index in [2.05, 4.69) is 66.7 Å². The fourth-order valence-electron chi connectivity index (χ4n) is 3.36. The highest BCUT2D eigenvalue weighted by Crippen LogP contribution is 2.33. The van der Waals surface area contributed by atoms with Crippen LogP contribution in [-0.2, 0) is 11.2 Å². The van der Waals surface area contributed by atoms with Crippen molar-refractivity contribution in [1.82, 2.24) is 20.2 Å². The highest BCUT2D eigenvalue weighted by Gasteiger charge is 2.25. The van der Waals surface area contributed by atoms with Crippen molar-refractivity contribution in [1.29, 1.82) is 0 Å². The average Bonchev–Trinajstić information content (AvgIpc) is 3.21. The Morgan fingerprint density at radius 1 is 0.964 bits per heavy atom. The maximum Gasteiger partial charge on any atom is 0.249 e. The van der Waals surface area contributed by atoms with Crippen molar-refractivity contribution in [3.8, 4) is 0 Å². The molecule has 0 unspecified atom stereocenters. The molecule has 1 atom stereocenters. The molecular weight excluding hydrogens is 350 g/mol. The predicted molar refractivity (Wildman–Crippen MR) is 110 cm³/mol. The molecule has 0 bridgehead atoms. The van der Waals surface area contributed by atoms with E-state index in [1.807, 2.05) is 30.3 Å². The Morgan fingerprint density at radius 2 is 1.61 bits per heavy atom. The normalized spacial score (nSPS) is 12.4. The molecule has 6 nitrogen and oxygen atoms in total. The van der Waals surface area contributed by atoms with Crippen LogP contribution < -0.4 is 5.32 Å². The molecule has 0 aliphatic rings. The Bertz CT molecular complexity index is 878. The van der Waals surface area contributed by atoms with E-state index in [0.717, 1.165) is 22.4 Å². The first-order valence-corrected chi connectivity index (χ1v) is 9.67. The summed E-state index contributed by atoms with van der Waals surface area (Å²) in [6.07, 6.45) is 2.00. The van der Waals surface area contributed by atoms with Crippen LogP contribution in [0.15, 0.2) is 54.9 Å². The van der Waals surface area contributed by atoms with Gasteiger partial charge in [-0.05, 0) is 39.0 Å². The van der Waals surface area contributed by atoms with Crippen molar-refractivity contribution >= 4 is 11.6 Å². The summed E-state index contributed by atoms with van der Waals surface area (Å²) in [6.45, 7) is 8.55. The third-order valence-electron chi connectivity index (χ3n) is 4.88. The molecule has 28 heavy (non-hydrogen) atoms. The molecule has 1 amide bonds. The number of aromatic nitrogens is 4. The predicted octanol–water partition coefficient (Wildman–Crippen LogP) is 4.34. The summed E-state index contributed by atoms with van der Waals surface area (Å²) in [5.41, 5.74) is 4.23. The summed E-state index contributed by atoms with van der Waals surface area (Å²) in [7, 11) is 0. The van der Waals surface area contributed by atoms with Gasteiger partial charge in [0.05, 0.1) is 0 Å². The zero-order valence-corrected chi connectivity index (χ0v) is 16.8. The zero-order chi connectivity index (χ0) is 20.1. The first-order valence-electron chi connectivity index (χ1n) is 9.67. The summed E-state index contributed by atoms with van der Waals surface area (Å²) >= 11 is 0. The highest BCUT2D eigenvalue weighted by molar-refractivity contribution is 5.95. The first-order chi connectivity index (χ1) is 13.5. The fraction of sp³-hybridized carbons (Fsp3) is 0.364. The van der Waals surface area contributed by atoms with Crippen molar-refractivity contribution in [2.45, 2.75) is 52.0 Å². The number of hydrogen-bond donors (Lipinski definition) is 1. The smallest absolute Gasteiger partial charge is 0.249 e. The molecule has 0 aliphatic heterocycles. The average molecular weight is 377 g/mol. The van der Waals surface area contributed by atoms with Crippen LogP contribution in [0, 0.1) is 0 Å². The molecule has 0 spiro atoms. The van der Waals surface area contributed by atoms with E-state index in [4.69, 9.17) is 0 Å². The molecule has 1 heterocycles. The van der Waals surface area contributed by atoms with Gasteiger partial charge in [0.2, 0.25) is 5.91 Å². The number of carbonyl (C=O) groups excluding carboxylic acids is 1. The number of carbonyl (C=O) groups is 1. The molecule has 3 aromatic rings. The Hall–Kier alpha value is -3.02. The Morgan fingerprint density at radius 3 is 2.14 bits per heavy atom. The maximum absolute atomic E-state index is 13.3. The quantitative estimate of drug-likeness (QED) is 0.665.